The first-order valence-electron chi connectivity index (χ1n) is 5.49. The third-order valence-electron chi connectivity index (χ3n) is 2.60. The number of hydrogen-bond donors (Lipinski definition) is 1. The molecule has 4 nitrogen and oxygen atoms in total. The van der Waals surface area contributed by atoms with E-state index < -0.39 is 5.97 Å². The van der Waals surface area contributed by atoms with Crippen LogP contribution < -0.4 is 4.74 Å². The molecular formula is C12H17NO3. The molecule has 0 atom stereocenters. The van der Waals surface area contributed by atoms with E-state index in [1.54, 1.807) is 6.07 Å². The van der Waals surface area contributed by atoms with Crippen molar-refractivity contribution in [3.63, 3.8) is 0 Å². The lowest BCUT2D eigenvalue weighted by Gasteiger charge is -2.13. The van der Waals surface area contributed by atoms with Gasteiger partial charge in [0.1, 0.15) is 11.4 Å². The van der Waals surface area contributed by atoms with Crippen molar-refractivity contribution in [2.24, 2.45) is 5.92 Å². The molecule has 0 radical (unpaired) electrons. The summed E-state index contributed by atoms with van der Waals surface area (Å²) in [5, 5.41) is 8.67. The fourth-order valence-electron chi connectivity index (χ4n) is 1.33. The molecule has 1 rings (SSSR count). The summed E-state index contributed by atoms with van der Waals surface area (Å²) >= 11 is 0. The van der Waals surface area contributed by atoms with Gasteiger partial charge in [-0.1, -0.05) is 26.7 Å². The Balaban J connectivity index is 2.52. The van der Waals surface area contributed by atoms with Crippen LogP contribution in [0.1, 0.15) is 37.2 Å². The van der Waals surface area contributed by atoms with Crippen LogP contribution in [0.4, 0.5) is 0 Å². The quantitative estimate of drug-likeness (QED) is 0.805. The van der Waals surface area contributed by atoms with Gasteiger partial charge in [0, 0.05) is 0 Å². The molecule has 1 aromatic rings. The van der Waals surface area contributed by atoms with Crippen LogP contribution in [-0.4, -0.2) is 22.7 Å². The predicted molar refractivity (Wildman–Crippen MR) is 60.8 cm³/mol. The summed E-state index contributed by atoms with van der Waals surface area (Å²) in [4.78, 5) is 14.4. The summed E-state index contributed by atoms with van der Waals surface area (Å²) in [7, 11) is 0. The Kier molecular flexibility index (Phi) is 4.76. The molecule has 0 fully saturated rings. The molecule has 1 N–H and O–H groups in total. The van der Waals surface area contributed by atoms with Gasteiger partial charge in [-0.25, -0.2) is 9.78 Å². The fourth-order valence-corrected chi connectivity index (χ4v) is 1.33. The molecule has 0 amide bonds. The average Bonchev–Trinajstić information content (AvgIpc) is 2.31. The van der Waals surface area contributed by atoms with E-state index in [-0.39, 0.29) is 5.69 Å². The van der Waals surface area contributed by atoms with Crippen LogP contribution in [0, 0.1) is 5.92 Å². The van der Waals surface area contributed by atoms with Gasteiger partial charge >= 0.3 is 5.97 Å². The summed E-state index contributed by atoms with van der Waals surface area (Å²) in [6.45, 7) is 4.91. The Morgan fingerprint density at radius 1 is 1.44 bits per heavy atom. The molecule has 0 bridgehead atoms. The Hall–Kier alpha value is -1.58. The second-order valence-corrected chi connectivity index (χ2v) is 3.68. The lowest BCUT2D eigenvalue weighted by atomic mass is 10.1. The normalized spacial score (nSPS) is 10.4. The number of carboxylic acids is 1. The highest BCUT2D eigenvalue weighted by Crippen LogP contribution is 2.13. The van der Waals surface area contributed by atoms with E-state index in [2.05, 4.69) is 18.8 Å². The molecule has 88 valence electrons. The van der Waals surface area contributed by atoms with E-state index in [0.29, 0.717) is 18.3 Å². The van der Waals surface area contributed by atoms with Crippen molar-refractivity contribution >= 4 is 5.97 Å². The first-order valence-corrected chi connectivity index (χ1v) is 5.49. The van der Waals surface area contributed by atoms with Crippen molar-refractivity contribution in [2.75, 3.05) is 6.61 Å². The van der Waals surface area contributed by atoms with Gasteiger partial charge in [-0.15, -0.1) is 0 Å². The maximum atomic E-state index is 10.6. The van der Waals surface area contributed by atoms with Gasteiger partial charge in [-0.3, -0.25) is 0 Å². The van der Waals surface area contributed by atoms with Crippen LogP contribution in [0.3, 0.4) is 0 Å². The summed E-state index contributed by atoms with van der Waals surface area (Å²) in [6.07, 6.45) is 3.61. The SMILES string of the molecule is CCC(CC)COc1ccc(C(=O)O)nc1. The Morgan fingerprint density at radius 3 is 2.56 bits per heavy atom. The first-order chi connectivity index (χ1) is 7.67. The van der Waals surface area contributed by atoms with Gasteiger partial charge in [-0.2, -0.15) is 0 Å². The van der Waals surface area contributed by atoms with E-state index in [1.165, 1.54) is 12.3 Å². The van der Waals surface area contributed by atoms with Gasteiger partial charge in [-0.05, 0) is 18.1 Å². The molecule has 1 heterocycles. The lowest BCUT2D eigenvalue weighted by molar-refractivity contribution is 0.0690. The number of carboxylic acid groups (broad SMARTS) is 1. The topological polar surface area (TPSA) is 59.4 Å². The van der Waals surface area contributed by atoms with E-state index >= 15 is 0 Å². The molecule has 1 aromatic heterocycles. The first kappa shape index (κ1) is 12.5. The number of hydrogen-bond acceptors (Lipinski definition) is 3. The average molecular weight is 223 g/mol. The van der Waals surface area contributed by atoms with Crippen LogP contribution in [0.25, 0.3) is 0 Å². The molecule has 0 unspecified atom stereocenters. The zero-order valence-electron chi connectivity index (χ0n) is 9.64. The summed E-state index contributed by atoms with van der Waals surface area (Å²) in [5.41, 5.74) is 0.0369. The second-order valence-electron chi connectivity index (χ2n) is 3.68. The van der Waals surface area contributed by atoms with E-state index in [9.17, 15) is 4.79 Å². The minimum Gasteiger partial charge on any atom is -0.492 e. The van der Waals surface area contributed by atoms with Crippen LogP contribution in [0.15, 0.2) is 18.3 Å². The summed E-state index contributed by atoms with van der Waals surface area (Å²) in [6, 6.07) is 3.09. The lowest BCUT2D eigenvalue weighted by Crippen LogP contribution is -2.10. The van der Waals surface area contributed by atoms with Gasteiger partial charge in [0.05, 0.1) is 12.8 Å². The Labute approximate surface area is 95.3 Å². The van der Waals surface area contributed by atoms with Gasteiger partial charge < -0.3 is 9.84 Å². The van der Waals surface area contributed by atoms with Crippen molar-refractivity contribution in [2.45, 2.75) is 26.7 Å². The third-order valence-corrected chi connectivity index (χ3v) is 2.60. The zero-order valence-corrected chi connectivity index (χ0v) is 9.64. The molecule has 0 aromatic carbocycles. The standard InChI is InChI=1S/C12H17NO3/c1-3-9(4-2)8-16-10-5-6-11(12(14)15)13-7-10/h5-7,9H,3-4,8H2,1-2H3,(H,14,15). The minimum absolute atomic E-state index is 0.0369. The summed E-state index contributed by atoms with van der Waals surface area (Å²) < 4.78 is 5.53. The smallest absolute Gasteiger partial charge is 0.354 e. The highest BCUT2D eigenvalue weighted by molar-refractivity contribution is 5.85. The van der Waals surface area contributed by atoms with Gasteiger partial charge in [0.25, 0.3) is 0 Å². The zero-order chi connectivity index (χ0) is 12.0. The monoisotopic (exact) mass is 223 g/mol. The number of pyridine rings is 1. The molecule has 0 saturated carbocycles. The highest BCUT2D eigenvalue weighted by atomic mass is 16.5. The van der Waals surface area contributed by atoms with E-state index in [1.807, 2.05) is 0 Å². The largest absolute Gasteiger partial charge is 0.492 e. The van der Waals surface area contributed by atoms with Crippen molar-refractivity contribution in [1.82, 2.24) is 4.98 Å². The molecular weight excluding hydrogens is 206 g/mol. The highest BCUT2D eigenvalue weighted by Gasteiger charge is 2.06. The van der Waals surface area contributed by atoms with Crippen LogP contribution in [-0.2, 0) is 0 Å². The molecule has 0 aliphatic heterocycles. The summed E-state index contributed by atoms with van der Waals surface area (Å²) in [5.74, 6) is 0.141. The number of rotatable bonds is 6. The number of carbonyl (C=O) groups is 1. The minimum atomic E-state index is -1.02. The second kappa shape index (κ2) is 6.10. The van der Waals surface area contributed by atoms with Crippen molar-refractivity contribution < 1.29 is 14.6 Å². The fraction of sp³-hybridized carbons (Fsp3) is 0.500. The number of aromatic nitrogens is 1. The molecule has 16 heavy (non-hydrogen) atoms. The maximum absolute atomic E-state index is 10.6. The van der Waals surface area contributed by atoms with E-state index in [4.69, 9.17) is 9.84 Å². The van der Waals surface area contributed by atoms with Crippen molar-refractivity contribution in [3.8, 4) is 5.75 Å². The van der Waals surface area contributed by atoms with Crippen molar-refractivity contribution in [1.29, 1.82) is 0 Å². The predicted octanol–water partition coefficient (Wildman–Crippen LogP) is 2.59. The molecule has 0 aliphatic rings. The van der Waals surface area contributed by atoms with Crippen LogP contribution in [0.2, 0.25) is 0 Å². The molecule has 0 aliphatic carbocycles. The molecule has 0 saturated heterocycles. The Morgan fingerprint density at radius 2 is 2.12 bits per heavy atom. The maximum Gasteiger partial charge on any atom is 0.354 e. The third kappa shape index (κ3) is 3.53. The number of aromatic carboxylic acids is 1. The van der Waals surface area contributed by atoms with Gasteiger partial charge in [0.15, 0.2) is 0 Å². The molecule has 4 heteroatoms. The number of nitrogens with zero attached hydrogens (tertiary/aromatic N) is 1. The van der Waals surface area contributed by atoms with Crippen molar-refractivity contribution in [3.05, 3.63) is 24.0 Å². The van der Waals surface area contributed by atoms with E-state index in [0.717, 1.165) is 12.8 Å². The van der Waals surface area contributed by atoms with Gasteiger partial charge in [0.2, 0.25) is 0 Å². The van der Waals surface area contributed by atoms with Crippen LogP contribution in [0.5, 0.6) is 5.75 Å². The number of ether oxygens (including phenoxy) is 1. The van der Waals surface area contributed by atoms with Crippen LogP contribution >= 0.6 is 0 Å². The molecule has 0 spiro atoms. The Bertz CT molecular complexity index is 331.